The van der Waals surface area contributed by atoms with Gasteiger partial charge in [0, 0.05) is 22.3 Å². The van der Waals surface area contributed by atoms with Crippen molar-refractivity contribution < 1.29 is 18.8 Å². The molecule has 1 N–H and O–H groups in total. The van der Waals surface area contributed by atoms with Gasteiger partial charge in [-0.2, -0.15) is 0 Å². The summed E-state index contributed by atoms with van der Waals surface area (Å²) < 4.78 is 5.78. The number of amides is 3. The first-order valence-electron chi connectivity index (χ1n) is 10.3. The quantitative estimate of drug-likeness (QED) is 0.413. The third kappa shape index (κ3) is 5.38. The van der Waals surface area contributed by atoms with Crippen LogP contribution in [0.2, 0.25) is 5.02 Å². The largest absolute Gasteiger partial charge is 0.457 e. The van der Waals surface area contributed by atoms with Crippen molar-refractivity contribution in [2.75, 3.05) is 11.9 Å². The van der Waals surface area contributed by atoms with Crippen molar-refractivity contribution in [2.24, 2.45) is 0 Å². The highest BCUT2D eigenvalue weighted by Crippen LogP contribution is 2.33. The summed E-state index contributed by atoms with van der Waals surface area (Å²) in [5.41, 5.74) is 2.60. The fourth-order valence-electron chi connectivity index (χ4n) is 3.26. The summed E-state index contributed by atoms with van der Waals surface area (Å²) in [6.07, 6.45) is 1.51. The number of furan rings is 1. The van der Waals surface area contributed by atoms with E-state index >= 15 is 0 Å². The number of nitrogens with zero attached hydrogens (tertiary/aromatic N) is 1. The normalized spacial score (nSPS) is 15.0. The maximum Gasteiger partial charge on any atom is 0.294 e. The Morgan fingerprint density at radius 2 is 1.76 bits per heavy atom. The minimum atomic E-state index is -0.528. The molecule has 0 radical (unpaired) electrons. The van der Waals surface area contributed by atoms with Crippen molar-refractivity contribution in [3.05, 3.63) is 81.9 Å². The van der Waals surface area contributed by atoms with Crippen LogP contribution < -0.4 is 5.32 Å². The van der Waals surface area contributed by atoms with Gasteiger partial charge in [0.15, 0.2) is 0 Å². The molecule has 1 aliphatic heterocycles. The first-order chi connectivity index (χ1) is 15.8. The van der Waals surface area contributed by atoms with Crippen LogP contribution in [0.15, 0.2) is 70.0 Å². The van der Waals surface area contributed by atoms with Gasteiger partial charge in [-0.25, -0.2) is 0 Å². The topological polar surface area (TPSA) is 79.6 Å². The number of imide groups is 1. The molecule has 0 aliphatic carbocycles. The minimum absolute atomic E-state index is 0.200. The molecule has 168 valence electrons. The fourth-order valence-corrected chi connectivity index (χ4v) is 4.21. The number of hydrogen-bond acceptors (Lipinski definition) is 5. The van der Waals surface area contributed by atoms with Crippen LogP contribution in [0.25, 0.3) is 17.4 Å². The second kappa shape index (κ2) is 9.68. The van der Waals surface area contributed by atoms with Crippen molar-refractivity contribution in [1.29, 1.82) is 0 Å². The van der Waals surface area contributed by atoms with Crippen LogP contribution in [0.5, 0.6) is 0 Å². The molecule has 0 atom stereocenters. The molecule has 3 aromatic rings. The van der Waals surface area contributed by atoms with Gasteiger partial charge in [0.1, 0.15) is 18.1 Å². The summed E-state index contributed by atoms with van der Waals surface area (Å²) in [5, 5.41) is 2.85. The zero-order valence-electron chi connectivity index (χ0n) is 18.0. The van der Waals surface area contributed by atoms with Crippen molar-refractivity contribution in [2.45, 2.75) is 19.8 Å². The molecule has 1 fully saturated rings. The maximum atomic E-state index is 12.7. The zero-order chi connectivity index (χ0) is 23.5. The summed E-state index contributed by atoms with van der Waals surface area (Å²) in [5.74, 6) is 0.451. The van der Waals surface area contributed by atoms with Crippen LogP contribution in [0.1, 0.15) is 31.1 Å². The average Bonchev–Trinajstić information content (AvgIpc) is 3.35. The monoisotopic (exact) mass is 480 g/mol. The lowest BCUT2D eigenvalue weighted by Crippen LogP contribution is -2.36. The Kier molecular flexibility index (Phi) is 6.72. The van der Waals surface area contributed by atoms with Crippen LogP contribution in [0, 0.1) is 0 Å². The van der Waals surface area contributed by atoms with Crippen LogP contribution in [-0.2, 0) is 9.59 Å². The van der Waals surface area contributed by atoms with E-state index in [0.717, 1.165) is 27.8 Å². The molecule has 0 unspecified atom stereocenters. The Bertz CT molecular complexity index is 1230. The maximum absolute atomic E-state index is 12.7. The van der Waals surface area contributed by atoms with Gasteiger partial charge < -0.3 is 9.73 Å². The van der Waals surface area contributed by atoms with Gasteiger partial charge in [-0.1, -0.05) is 37.6 Å². The van der Waals surface area contributed by atoms with E-state index in [0.29, 0.717) is 28.1 Å². The van der Waals surface area contributed by atoms with Gasteiger partial charge in [0.05, 0.1) is 4.91 Å². The van der Waals surface area contributed by atoms with Crippen LogP contribution >= 0.6 is 23.4 Å². The molecule has 1 aromatic heterocycles. The van der Waals surface area contributed by atoms with Crippen molar-refractivity contribution in [1.82, 2.24) is 4.90 Å². The fraction of sp³-hybridized carbons (Fsp3) is 0.160. The molecular formula is C25H21ClN2O4S. The number of benzene rings is 2. The predicted octanol–water partition coefficient (Wildman–Crippen LogP) is 6.40. The standard InChI is InChI=1S/C25H21ClN2O4S/c1-15(2)16-5-9-19(10-6-16)27-23(29)14-28-24(30)22(33-25(28)31)13-20-11-12-21(32-20)17-3-7-18(26)8-4-17/h3-13,15H,14H2,1-2H3,(H,27,29)/b22-13+. The molecule has 6 nitrogen and oxygen atoms in total. The Morgan fingerprint density at radius 1 is 1.06 bits per heavy atom. The zero-order valence-corrected chi connectivity index (χ0v) is 19.6. The lowest BCUT2D eigenvalue weighted by molar-refractivity contribution is -0.127. The number of hydrogen-bond donors (Lipinski definition) is 1. The lowest BCUT2D eigenvalue weighted by Gasteiger charge is -2.13. The summed E-state index contributed by atoms with van der Waals surface area (Å²) in [7, 11) is 0. The number of carbonyl (C=O) groups excluding carboxylic acids is 3. The molecule has 2 heterocycles. The molecular weight excluding hydrogens is 460 g/mol. The molecule has 0 saturated carbocycles. The van der Waals surface area contributed by atoms with Crippen LogP contribution in [0.4, 0.5) is 10.5 Å². The van der Waals surface area contributed by atoms with Gasteiger partial charge in [-0.05, 0) is 71.8 Å². The number of thioether (sulfide) groups is 1. The number of halogens is 1. The summed E-state index contributed by atoms with van der Waals surface area (Å²) in [6.45, 7) is 3.81. The van der Waals surface area contributed by atoms with E-state index in [-0.39, 0.29) is 11.4 Å². The molecule has 4 rings (SSSR count). The first kappa shape index (κ1) is 22.9. The molecule has 3 amide bonds. The third-order valence-electron chi connectivity index (χ3n) is 5.07. The van der Waals surface area contributed by atoms with Crippen molar-refractivity contribution >= 4 is 52.2 Å². The highest BCUT2D eigenvalue weighted by molar-refractivity contribution is 8.18. The van der Waals surface area contributed by atoms with E-state index < -0.39 is 17.1 Å². The average molecular weight is 481 g/mol. The molecule has 0 bridgehead atoms. The molecule has 8 heteroatoms. The lowest BCUT2D eigenvalue weighted by atomic mass is 10.0. The molecule has 0 spiro atoms. The van der Waals surface area contributed by atoms with Gasteiger partial charge >= 0.3 is 0 Å². The van der Waals surface area contributed by atoms with E-state index in [9.17, 15) is 14.4 Å². The Balaban J connectivity index is 1.41. The van der Waals surface area contributed by atoms with Gasteiger partial charge in [0.25, 0.3) is 11.1 Å². The third-order valence-corrected chi connectivity index (χ3v) is 6.22. The predicted molar refractivity (Wildman–Crippen MR) is 131 cm³/mol. The molecule has 1 aliphatic rings. The Hall–Kier alpha value is -3.29. The Morgan fingerprint density at radius 3 is 2.42 bits per heavy atom. The van der Waals surface area contributed by atoms with Crippen molar-refractivity contribution in [3.8, 4) is 11.3 Å². The van der Waals surface area contributed by atoms with E-state index in [1.807, 2.05) is 24.3 Å². The SMILES string of the molecule is CC(C)c1ccc(NC(=O)CN2C(=O)S/C(=C/c3ccc(-c4ccc(Cl)cc4)o3)C2=O)cc1. The number of carbonyl (C=O) groups is 3. The van der Waals surface area contributed by atoms with E-state index in [1.165, 1.54) is 6.08 Å². The summed E-state index contributed by atoms with van der Waals surface area (Å²) in [6, 6.07) is 18.1. The molecule has 1 saturated heterocycles. The first-order valence-corrected chi connectivity index (χ1v) is 11.5. The second-order valence-corrected chi connectivity index (χ2v) is 9.23. The Labute approximate surface area is 200 Å². The van der Waals surface area contributed by atoms with Gasteiger partial charge in [0.2, 0.25) is 5.91 Å². The minimum Gasteiger partial charge on any atom is -0.457 e. The highest BCUT2D eigenvalue weighted by Gasteiger charge is 2.36. The summed E-state index contributed by atoms with van der Waals surface area (Å²) in [4.78, 5) is 38.6. The number of nitrogens with one attached hydrogen (secondary N) is 1. The highest BCUT2D eigenvalue weighted by atomic mass is 35.5. The number of rotatable bonds is 6. The van der Waals surface area contributed by atoms with Gasteiger partial charge in [-0.3, -0.25) is 19.3 Å². The van der Waals surface area contributed by atoms with Crippen molar-refractivity contribution in [3.63, 3.8) is 0 Å². The van der Waals surface area contributed by atoms with Crippen LogP contribution in [-0.4, -0.2) is 28.5 Å². The van der Waals surface area contributed by atoms with Gasteiger partial charge in [-0.15, -0.1) is 0 Å². The van der Waals surface area contributed by atoms with E-state index in [2.05, 4.69) is 19.2 Å². The number of anilines is 1. The smallest absolute Gasteiger partial charge is 0.294 e. The van der Waals surface area contributed by atoms with E-state index in [4.69, 9.17) is 16.0 Å². The molecule has 33 heavy (non-hydrogen) atoms. The second-order valence-electron chi connectivity index (χ2n) is 7.80. The van der Waals surface area contributed by atoms with E-state index in [1.54, 1.807) is 36.4 Å². The molecule has 2 aromatic carbocycles. The van der Waals surface area contributed by atoms with Crippen LogP contribution in [0.3, 0.4) is 0 Å². The summed E-state index contributed by atoms with van der Waals surface area (Å²) >= 11 is 6.69.